The fourth-order valence-electron chi connectivity index (χ4n) is 2.52. The summed E-state index contributed by atoms with van der Waals surface area (Å²) in [7, 11) is 0. The standard InChI is InChI=1S/C24H21BrN2O4/c1-16-7-11-19(12-8-16)24(29)31-20-13-9-18(10-14-20)15-26-27-23(28)17(2)30-22-6-4-3-5-21(22)25/h3-15,17H,1-2H3,(H,27,28)/b26-15-/t17-/m1/s1. The van der Waals surface area contributed by atoms with Gasteiger partial charge in [-0.1, -0.05) is 29.8 Å². The number of carbonyl (C=O) groups is 2. The third kappa shape index (κ3) is 6.52. The van der Waals surface area contributed by atoms with E-state index in [9.17, 15) is 9.59 Å². The summed E-state index contributed by atoms with van der Waals surface area (Å²) in [5.41, 5.74) is 4.73. The van der Waals surface area contributed by atoms with Gasteiger partial charge in [0.25, 0.3) is 5.91 Å². The molecule has 0 saturated carbocycles. The topological polar surface area (TPSA) is 77.0 Å². The number of aryl methyl sites for hydroxylation is 1. The van der Waals surface area contributed by atoms with Crippen LogP contribution >= 0.6 is 15.9 Å². The molecule has 0 aliphatic carbocycles. The fourth-order valence-corrected chi connectivity index (χ4v) is 2.90. The number of rotatable bonds is 7. The van der Waals surface area contributed by atoms with Crippen molar-refractivity contribution in [3.05, 3.63) is 94.0 Å². The summed E-state index contributed by atoms with van der Waals surface area (Å²) in [6.07, 6.45) is 0.772. The molecule has 0 fully saturated rings. The first-order valence-corrected chi connectivity index (χ1v) is 10.3. The molecule has 0 saturated heterocycles. The zero-order valence-electron chi connectivity index (χ0n) is 17.0. The average molecular weight is 481 g/mol. The Hall–Kier alpha value is -3.45. The first-order valence-electron chi connectivity index (χ1n) is 9.55. The van der Waals surface area contributed by atoms with Gasteiger partial charge in [0.2, 0.25) is 0 Å². The molecule has 0 aliphatic heterocycles. The van der Waals surface area contributed by atoms with Gasteiger partial charge in [-0.15, -0.1) is 0 Å². The van der Waals surface area contributed by atoms with Crippen LogP contribution in [-0.2, 0) is 4.79 Å². The van der Waals surface area contributed by atoms with E-state index in [4.69, 9.17) is 9.47 Å². The van der Waals surface area contributed by atoms with Gasteiger partial charge in [-0.25, -0.2) is 10.2 Å². The van der Waals surface area contributed by atoms with Crippen LogP contribution in [0.5, 0.6) is 11.5 Å². The minimum Gasteiger partial charge on any atom is -0.480 e. The smallest absolute Gasteiger partial charge is 0.343 e. The molecule has 0 heterocycles. The van der Waals surface area contributed by atoms with Gasteiger partial charge >= 0.3 is 5.97 Å². The first kappa shape index (κ1) is 22.2. The lowest BCUT2D eigenvalue weighted by Gasteiger charge is -2.13. The second kappa shape index (κ2) is 10.5. The Morgan fingerprint density at radius 1 is 1.00 bits per heavy atom. The molecule has 158 valence electrons. The van der Waals surface area contributed by atoms with Crippen LogP contribution in [0.4, 0.5) is 0 Å². The molecule has 3 aromatic carbocycles. The molecule has 0 radical (unpaired) electrons. The predicted molar refractivity (Wildman–Crippen MR) is 123 cm³/mol. The summed E-state index contributed by atoms with van der Waals surface area (Å²) in [6.45, 7) is 3.59. The van der Waals surface area contributed by atoms with Crippen molar-refractivity contribution in [3.63, 3.8) is 0 Å². The maximum atomic E-state index is 12.2. The zero-order chi connectivity index (χ0) is 22.2. The average Bonchev–Trinajstić information content (AvgIpc) is 2.77. The molecule has 1 N–H and O–H groups in total. The van der Waals surface area contributed by atoms with E-state index in [1.165, 1.54) is 6.21 Å². The number of ether oxygens (including phenoxy) is 2. The van der Waals surface area contributed by atoms with Crippen molar-refractivity contribution in [1.29, 1.82) is 0 Å². The number of benzene rings is 3. The number of hydrogen-bond donors (Lipinski definition) is 1. The van der Waals surface area contributed by atoms with Gasteiger partial charge in [0.1, 0.15) is 11.5 Å². The van der Waals surface area contributed by atoms with Crippen LogP contribution < -0.4 is 14.9 Å². The Balaban J connectivity index is 1.51. The molecule has 1 amide bonds. The quantitative estimate of drug-likeness (QED) is 0.226. The molecule has 3 aromatic rings. The number of para-hydroxylation sites is 1. The number of esters is 1. The lowest BCUT2D eigenvalue weighted by atomic mass is 10.1. The molecular weight excluding hydrogens is 460 g/mol. The molecule has 3 rings (SSSR count). The van der Waals surface area contributed by atoms with Crippen molar-refractivity contribution < 1.29 is 19.1 Å². The maximum absolute atomic E-state index is 12.2. The Kier molecular flexibility index (Phi) is 7.56. The van der Waals surface area contributed by atoms with E-state index in [2.05, 4.69) is 26.5 Å². The van der Waals surface area contributed by atoms with Crippen LogP contribution in [-0.4, -0.2) is 24.2 Å². The van der Waals surface area contributed by atoms with Gasteiger partial charge in [-0.2, -0.15) is 5.10 Å². The number of carbonyl (C=O) groups excluding carboxylic acids is 2. The molecule has 0 spiro atoms. The second-order valence-electron chi connectivity index (χ2n) is 6.75. The summed E-state index contributed by atoms with van der Waals surface area (Å²) >= 11 is 3.38. The number of nitrogens with zero attached hydrogens (tertiary/aromatic N) is 1. The van der Waals surface area contributed by atoms with Crippen LogP contribution in [0.1, 0.15) is 28.4 Å². The Morgan fingerprint density at radius 2 is 1.68 bits per heavy atom. The van der Waals surface area contributed by atoms with Crippen molar-refractivity contribution in [3.8, 4) is 11.5 Å². The molecule has 0 unspecified atom stereocenters. The van der Waals surface area contributed by atoms with E-state index in [-0.39, 0.29) is 5.91 Å². The van der Waals surface area contributed by atoms with Gasteiger partial charge in [0.15, 0.2) is 6.10 Å². The highest BCUT2D eigenvalue weighted by Gasteiger charge is 2.15. The van der Waals surface area contributed by atoms with E-state index < -0.39 is 12.1 Å². The van der Waals surface area contributed by atoms with E-state index in [0.717, 1.165) is 15.6 Å². The van der Waals surface area contributed by atoms with Gasteiger partial charge in [0.05, 0.1) is 16.3 Å². The van der Waals surface area contributed by atoms with Gasteiger partial charge in [-0.3, -0.25) is 4.79 Å². The molecule has 31 heavy (non-hydrogen) atoms. The largest absolute Gasteiger partial charge is 0.480 e. The minimum absolute atomic E-state index is 0.379. The van der Waals surface area contributed by atoms with Crippen molar-refractivity contribution in [2.24, 2.45) is 5.10 Å². The third-order valence-corrected chi connectivity index (χ3v) is 4.93. The van der Waals surface area contributed by atoms with Crippen molar-refractivity contribution >= 4 is 34.0 Å². The predicted octanol–water partition coefficient (Wildman–Crippen LogP) is 4.89. The Labute approximate surface area is 189 Å². The van der Waals surface area contributed by atoms with Crippen LogP contribution in [0.25, 0.3) is 0 Å². The number of halogens is 1. The van der Waals surface area contributed by atoms with E-state index in [0.29, 0.717) is 17.1 Å². The van der Waals surface area contributed by atoms with Gasteiger partial charge < -0.3 is 9.47 Å². The highest BCUT2D eigenvalue weighted by molar-refractivity contribution is 9.10. The van der Waals surface area contributed by atoms with E-state index in [1.54, 1.807) is 49.4 Å². The number of amides is 1. The zero-order valence-corrected chi connectivity index (χ0v) is 18.6. The molecule has 1 atom stereocenters. The SMILES string of the molecule is Cc1ccc(C(=O)Oc2ccc(/C=N\NC(=O)[C@@H](C)Oc3ccccc3Br)cc2)cc1. The normalized spacial score (nSPS) is 11.7. The van der Waals surface area contributed by atoms with Gasteiger partial charge in [-0.05, 0) is 83.9 Å². The highest BCUT2D eigenvalue weighted by atomic mass is 79.9. The summed E-state index contributed by atoms with van der Waals surface area (Å²) in [6, 6.07) is 21.2. The molecule has 6 nitrogen and oxygen atoms in total. The minimum atomic E-state index is -0.723. The van der Waals surface area contributed by atoms with E-state index >= 15 is 0 Å². The monoisotopic (exact) mass is 480 g/mol. The first-order chi connectivity index (χ1) is 14.9. The molecule has 7 heteroatoms. The molecular formula is C24H21BrN2O4. The Morgan fingerprint density at radius 3 is 2.35 bits per heavy atom. The molecule has 0 aromatic heterocycles. The maximum Gasteiger partial charge on any atom is 0.343 e. The summed E-state index contributed by atoms with van der Waals surface area (Å²) in [5.74, 6) is 0.190. The van der Waals surface area contributed by atoms with E-state index in [1.807, 2.05) is 37.3 Å². The van der Waals surface area contributed by atoms with Crippen molar-refractivity contribution in [1.82, 2.24) is 5.43 Å². The second-order valence-corrected chi connectivity index (χ2v) is 7.60. The fraction of sp³-hybridized carbons (Fsp3) is 0.125. The van der Waals surface area contributed by atoms with Crippen LogP contribution in [0, 0.1) is 6.92 Å². The molecule has 0 bridgehead atoms. The highest BCUT2D eigenvalue weighted by Crippen LogP contribution is 2.24. The van der Waals surface area contributed by atoms with Crippen LogP contribution in [0.15, 0.2) is 82.4 Å². The third-order valence-electron chi connectivity index (χ3n) is 4.28. The Bertz CT molecular complexity index is 1080. The van der Waals surface area contributed by atoms with Crippen molar-refractivity contribution in [2.45, 2.75) is 20.0 Å². The number of nitrogens with one attached hydrogen (secondary N) is 1. The van der Waals surface area contributed by atoms with Crippen LogP contribution in [0.3, 0.4) is 0 Å². The molecule has 0 aliphatic rings. The number of hydrazone groups is 1. The van der Waals surface area contributed by atoms with Crippen LogP contribution in [0.2, 0.25) is 0 Å². The summed E-state index contributed by atoms with van der Waals surface area (Å²) < 4.78 is 11.8. The summed E-state index contributed by atoms with van der Waals surface area (Å²) in [4.78, 5) is 24.3. The van der Waals surface area contributed by atoms with Crippen molar-refractivity contribution in [2.75, 3.05) is 0 Å². The lowest BCUT2D eigenvalue weighted by Crippen LogP contribution is -2.33. The number of hydrogen-bond acceptors (Lipinski definition) is 5. The van der Waals surface area contributed by atoms with Gasteiger partial charge in [0, 0.05) is 0 Å². The lowest BCUT2D eigenvalue weighted by molar-refractivity contribution is -0.127. The summed E-state index contributed by atoms with van der Waals surface area (Å²) in [5, 5.41) is 3.95.